The van der Waals surface area contributed by atoms with Crippen molar-refractivity contribution >= 4 is 29.9 Å². The largest absolute Gasteiger partial charge is 0.381 e. The van der Waals surface area contributed by atoms with E-state index in [-0.39, 0.29) is 41.5 Å². The van der Waals surface area contributed by atoms with E-state index in [2.05, 4.69) is 29.5 Å². The molecule has 25 heavy (non-hydrogen) atoms. The zero-order chi connectivity index (χ0) is 17.5. The van der Waals surface area contributed by atoms with Crippen molar-refractivity contribution in [1.82, 2.24) is 10.6 Å². The van der Waals surface area contributed by atoms with Crippen LogP contribution in [0.1, 0.15) is 38.2 Å². The molecule has 0 saturated heterocycles. The van der Waals surface area contributed by atoms with Crippen LogP contribution in [0.3, 0.4) is 0 Å². The van der Waals surface area contributed by atoms with Crippen LogP contribution >= 0.6 is 24.0 Å². The zero-order valence-electron chi connectivity index (χ0n) is 15.0. The van der Waals surface area contributed by atoms with Crippen LogP contribution in [0.5, 0.6) is 0 Å². The van der Waals surface area contributed by atoms with Crippen LogP contribution in [0.25, 0.3) is 0 Å². The van der Waals surface area contributed by atoms with Crippen molar-refractivity contribution in [2.75, 3.05) is 26.8 Å². The summed E-state index contributed by atoms with van der Waals surface area (Å²) in [7, 11) is 1.69. The van der Waals surface area contributed by atoms with Gasteiger partial charge in [-0.05, 0) is 30.9 Å². The topological polar surface area (TPSA) is 45.7 Å². The molecule has 1 aliphatic carbocycles. The fourth-order valence-electron chi connectivity index (χ4n) is 2.61. The van der Waals surface area contributed by atoms with Crippen molar-refractivity contribution < 1.29 is 13.5 Å². The Hall–Kier alpha value is -0.960. The van der Waals surface area contributed by atoms with Gasteiger partial charge in [0.1, 0.15) is 11.6 Å². The Morgan fingerprint density at radius 2 is 2.00 bits per heavy atom. The van der Waals surface area contributed by atoms with Gasteiger partial charge < -0.3 is 15.4 Å². The molecule has 0 heterocycles. The lowest BCUT2D eigenvalue weighted by atomic mass is 10.1. The minimum absolute atomic E-state index is 0. The van der Waals surface area contributed by atoms with Gasteiger partial charge in [0.15, 0.2) is 5.96 Å². The van der Waals surface area contributed by atoms with E-state index in [1.807, 2.05) is 0 Å². The van der Waals surface area contributed by atoms with Gasteiger partial charge in [-0.1, -0.05) is 19.9 Å². The van der Waals surface area contributed by atoms with Crippen LogP contribution in [0.4, 0.5) is 8.78 Å². The number of nitrogens with one attached hydrogen (secondary N) is 2. The first kappa shape index (κ1) is 22.1. The Bertz CT molecular complexity index is 549. The van der Waals surface area contributed by atoms with Gasteiger partial charge in [-0.2, -0.15) is 0 Å². The molecule has 0 amide bonds. The van der Waals surface area contributed by atoms with Gasteiger partial charge in [0.05, 0.1) is 0 Å². The van der Waals surface area contributed by atoms with Crippen LogP contribution in [0.15, 0.2) is 23.2 Å². The van der Waals surface area contributed by atoms with E-state index in [0.29, 0.717) is 24.9 Å². The predicted octanol–water partition coefficient (Wildman–Crippen LogP) is 3.67. The Morgan fingerprint density at radius 3 is 2.60 bits per heavy atom. The second kappa shape index (κ2) is 10.9. The molecule has 4 nitrogen and oxygen atoms in total. The second-order valence-corrected chi connectivity index (χ2v) is 6.55. The summed E-state index contributed by atoms with van der Waals surface area (Å²) in [5.74, 6) is 0.101. The monoisotopic (exact) mass is 467 g/mol. The van der Waals surface area contributed by atoms with Crippen LogP contribution in [-0.4, -0.2) is 38.8 Å². The number of aliphatic imine (C=N–C) groups is 1. The molecule has 0 radical (unpaired) electrons. The zero-order valence-corrected chi connectivity index (χ0v) is 17.3. The fraction of sp³-hybridized carbons (Fsp3) is 0.611. The summed E-state index contributed by atoms with van der Waals surface area (Å²) in [6.45, 7) is 6.45. The fourth-order valence-corrected chi connectivity index (χ4v) is 2.61. The summed E-state index contributed by atoms with van der Waals surface area (Å²) in [5, 5.41) is 6.42. The first-order chi connectivity index (χ1) is 11.5. The third-order valence-corrected chi connectivity index (χ3v) is 3.92. The Labute approximate surface area is 165 Å². The van der Waals surface area contributed by atoms with Crippen molar-refractivity contribution in [3.8, 4) is 0 Å². The van der Waals surface area contributed by atoms with E-state index in [0.717, 1.165) is 19.6 Å². The maximum atomic E-state index is 13.8. The SMILES string of the molecule is CN=C(NCCCOCC(C)C)NC1CC1c1c(F)cccc1F.I. The highest BCUT2D eigenvalue weighted by Gasteiger charge is 2.42. The quantitative estimate of drug-likeness (QED) is 0.266. The first-order valence-electron chi connectivity index (χ1n) is 8.51. The van der Waals surface area contributed by atoms with Crippen molar-refractivity contribution in [3.05, 3.63) is 35.4 Å². The Morgan fingerprint density at radius 1 is 1.32 bits per heavy atom. The van der Waals surface area contributed by atoms with E-state index in [1.54, 1.807) is 7.05 Å². The molecule has 1 aromatic carbocycles. The smallest absolute Gasteiger partial charge is 0.191 e. The molecule has 1 saturated carbocycles. The Balaban J connectivity index is 0.00000312. The van der Waals surface area contributed by atoms with Crippen molar-refractivity contribution in [3.63, 3.8) is 0 Å². The molecule has 1 fully saturated rings. The van der Waals surface area contributed by atoms with Crippen LogP contribution < -0.4 is 10.6 Å². The molecule has 2 N–H and O–H groups in total. The summed E-state index contributed by atoms with van der Waals surface area (Å²) in [6.07, 6.45) is 1.58. The second-order valence-electron chi connectivity index (χ2n) is 6.55. The molecular weight excluding hydrogens is 439 g/mol. The lowest BCUT2D eigenvalue weighted by Crippen LogP contribution is -2.39. The van der Waals surface area contributed by atoms with Gasteiger partial charge in [0.25, 0.3) is 0 Å². The summed E-state index contributed by atoms with van der Waals surface area (Å²) in [6, 6.07) is 4.01. The van der Waals surface area contributed by atoms with Gasteiger partial charge in [-0.25, -0.2) is 8.78 Å². The molecule has 2 unspecified atom stereocenters. The number of nitrogens with zero attached hydrogens (tertiary/aromatic N) is 1. The highest BCUT2D eigenvalue weighted by Crippen LogP contribution is 2.42. The highest BCUT2D eigenvalue weighted by atomic mass is 127. The van der Waals surface area contributed by atoms with Gasteiger partial charge in [-0.3, -0.25) is 4.99 Å². The third-order valence-electron chi connectivity index (χ3n) is 3.92. The summed E-state index contributed by atoms with van der Waals surface area (Å²) < 4.78 is 33.1. The average molecular weight is 467 g/mol. The highest BCUT2D eigenvalue weighted by molar-refractivity contribution is 14.0. The van der Waals surface area contributed by atoms with Crippen LogP contribution in [-0.2, 0) is 4.74 Å². The van der Waals surface area contributed by atoms with Crippen LogP contribution in [0, 0.1) is 17.6 Å². The molecule has 0 aliphatic heterocycles. The number of guanidine groups is 1. The molecule has 1 aromatic rings. The molecule has 0 bridgehead atoms. The summed E-state index contributed by atoms with van der Waals surface area (Å²) in [4.78, 5) is 4.15. The molecule has 2 rings (SSSR count). The number of benzene rings is 1. The van der Waals surface area contributed by atoms with E-state index in [1.165, 1.54) is 18.2 Å². The molecule has 2 atom stereocenters. The Kier molecular flexibility index (Phi) is 9.63. The van der Waals surface area contributed by atoms with E-state index in [9.17, 15) is 8.78 Å². The first-order valence-corrected chi connectivity index (χ1v) is 8.51. The van der Waals surface area contributed by atoms with Crippen molar-refractivity contribution in [2.45, 2.75) is 38.6 Å². The maximum absolute atomic E-state index is 13.8. The molecule has 0 spiro atoms. The normalized spacial score (nSPS) is 19.5. The van der Waals surface area contributed by atoms with Crippen LogP contribution in [0.2, 0.25) is 0 Å². The molecule has 0 aromatic heterocycles. The summed E-state index contributed by atoms with van der Waals surface area (Å²) >= 11 is 0. The summed E-state index contributed by atoms with van der Waals surface area (Å²) in [5.41, 5.74) is 0.174. The molecule has 1 aliphatic rings. The number of hydrogen-bond donors (Lipinski definition) is 2. The number of halogens is 3. The van der Waals surface area contributed by atoms with E-state index < -0.39 is 11.6 Å². The lowest BCUT2D eigenvalue weighted by molar-refractivity contribution is 0.108. The average Bonchev–Trinajstić information content (AvgIpc) is 3.27. The van der Waals surface area contributed by atoms with Gasteiger partial charge in [-0.15, -0.1) is 24.0 Å². The van der Waals surface area contributed by atoms with Crippen molar-refractivity contribution in [2.24, 2.45) is 10.9 Å². The minimum Gasteiger partial charge on any atom is -0.381 e. The molecular formula is C18H28F2IN3O. The number of rotatable bonds is 8. The van der Waals surface area contributed by atoms with Gasteiger partial charge in [0, 0.05) is 44.3 Å². The van der Waals surface area contributed by atoms with Crippen molar-refractivity contribution in [1.29, 1.82) is 0 Å². The maximum Gasteiger partial charge on any atom is 0.191 e. The van der Waals surface area contributed by atoms with E-state index >= 15 is 0 Å². The molecule has 7 heteroatoms. The predicted molar refractivity (Wildman–Crippen MR) is 108 cm³/mol. The third kappa shape index (κ3) is 7.05. The number of ether oxygens (including phenoxy) is 1. The van der Waals surface area contributed by atoms with E-state index in [4.69, 9.17) is 4.74 Å². The number of hydrogen-bond acceptors (Lipinski definition) is 2. The minimum atomic E-state index is -0.477. The molecule has 142 valence electrons. The van der Waals surface area contributed by atoms with Gasteiger partial charge >= 0.3 is 0 Å². The lowest BCUT2D eigenvalue weighted by Gasteiger charge is -2.12. The van der Waals surface area contributed by atoms with Gasteiger partial charge in [0.2, 0.25) is 0 Å². The standard InChI is InChI=1S/C18H27F2N3O.HI/c1-12(2)11-24-9-5-8-22-18(21-3)23-16-10-13(16)17-14(19)6-4-7-15(17)20;/h4,6-7,12-13,16H,5,8-11H2,1-3H3,(H2,21,22,23);1H.